The number of hydrogen-bond donors (Lipinski definition) is 2. The topological polar surface area (TPSA) is 109 Å². The molecule has 0 aliphatic heterocycles. The number of nitrogens with two attached hydrogens (primary N) is 1. The molecule has 0 aliphatic rings. The van der Waals surface area contributed by atoms with Crippen LogP contribution in [0.3, 0.4) is 0 Å². The molecule has 1 amide bonds. The van der Waals surface area contributed by atoms with Crippen LogP contribution in [0.25, 0.3) is 0 Å². The molecule has 7 nitrogen and oxygen atoms in total. The maximum atomic E-state index is 11.2. The van der Waals surface area contributed by atoms with Crippen molar-refractivity contribution in [2.24, 2.45) is 5.73 Å². The molecule has 1 heterocycles. The van der Waals surface area contributed by atoms with E-state index in [0.29, 0.717) is 6.42 Å². The molecular formula is C10H14N4O3. The minimum atomic E-state index is -0.990. The van der Waals surface area contributed by atoms with Crippen molar-refractivity contribution in [3.8, 4) is 0 Å². The first-order valence-corrected chi connectivity index (χ1v) is 5.05. The summed E-state index contributed by atoms with van der Waals surface area (Å²) in [5.41, 5.74) is 5.12. The van der Waals surface area contributed by atoms with Crippen molar-refractivity contribution in [2.75, 3.05) is 11.9 Å². The summed E-state index contributed by atoms with van der Waals surface area (Å²) >= 11 is 0. The minimum Gasteiger partial charge on any atom is -0.480 e. The molecule has 0 radical (unpaired) electrons. The van der Waals surface area contributed by atoms with Gasteiger partial charge < -0.3 is 15.7 Å². The zero-order valence-electron chi connectivity index (χ0n) is 9.62. The van der Waals surface area contributed by atoms with E-state index in [-0.39, 0.29) is 11.5 Å². The molecule has 1 atom stereocenters. The summed E-state index contributed by atoms with van der Waals surface area (Å²) in [6.07, 6.45) is 3.09. The van der Waals surface area contributed by atoms with Gasteiger partial charge in [0.1, 0.15) is 6.04 Å². The number of nitrogens with zero attached hydrogens (tertiary/aromatic N) is 3. The fraction of sp³-hybridized carbons (Fsp3) is 0.400. The van der Waals surface area contributed by atoms with Gasteiger partial charge in [-0.3, -0.25) is 4.79 Å². The average Bonchev–Trinajstić information content (AvgIpc) is 2.29. The molecule has 1 aromatic rings. The van der Waals surface area contributed by atoms with Gasteiger partial charge >= 0.3 is 5.97 Å². The van der Waals surface area contributed by atoms with Gasteiger partial charge in [-0.25, -0.2) is 14.8 Å². The summed E-state index contributed by atoms with van der Waals surface area (Å²) in [5.74, 6) is -1.55. The van der Waals surface area contributed by atoms with Crippen molar-refractivity contribution in [2.45, 2.75) is 19.4 Å². The highest BCUT2D eigenvalue weighted by Gasteiger charge is 2.25. The van der Waals surface area contributed by atoms with E-state index in [1.807, 2.05) is 0 Å². The van der Waals surface area contributed by atoms with E-state index >= 15 is 0 Å². The molecule has 0 aliphatic carbocycles. The molecule has 0 aromatic carbocycles. The van der Waals surface area contributed by atoms with Crippen LogP contribution >= 0.6 is 0 Å². The van der Waals surface area contributed by atoms with Gasteiger partial charge in [0, 0.05) is 19.4 Å². The van der Waals surface area contributed by atoms with Crippen molar-refractivity contribution >= 4 is 17.7 Å². The molecule has 0 bridgehead atoms. The lowest BCUT2D eigenvalue weighted by Gasteiger charge is -2.25. The first-order valence-electron chi connectivity index (χ1n) is 5.05. The lowest BCUT2D eigenvalue weighted by molar-refractivity contribution is -0.138. The van der Waals surface area contributed by atoms with Crippen LogP contribution in [0, 0.1) is 0 Å². The van der Waals surface area contributed by atoms with E-state index in [0.717, 1.165) is 0 Å². The number of aliphatic carboxylic acids is 1. The number of aromatic nitrogens is 2. The Morgan fingerprint density at radius 1 is 1.47 bits per heavy atom. The predicted molar refractivity (Wildman–Crippen MR) is 60.7 cm³/mol. The zero-order chi connectivity index (χ0) is 13.0. The summed E-state index contributed by atoms with van der Waals surface area (Å²) in [6, 6.07) is -0.773. The molecule has 1 unspecified atom stereocenters. The van der Waals surface area contributed by atoms with Crippen LogP contribution in [0.5, 0.6) is 0 Å². The monoisotopic (exact) mass is 238 g/mol. The summed E-state index contributed by atoms with van der Waals surface area (Å²) in [4.78, 5) is 31.3. The second-order valence-corrected chi connectivity index (χ2v) is 3.47. The Kier molecular flexibility index (Phi) is 3.97. The number of carbonyl (C=O) groups excluding carboxylic acids is 1. The van der Waals surface area contributed by atoms with E-state index < -0.39 is 17.9 Å². The van der Waals surface area contributed by atoms with Crippen molar-refractivity contribution in [1.82, 2.24) is 9.97 Å². The van der Waals surface area contributed by atoms with Crippen molar-refractivity contribution in [3.63, 3.8) is 0 Å². The number of carboxylic acid groups (broad SMARTS) is 1. The van der Waals surface area contributed by atoms with Crippen LogP contribution in [0.15, 0.2) is 12.4 Å². The van der Waals surface area contributed by atoms with Gasteiger partial charge in [-0.15, -0.1) is 0 Å². The highest BCUT2D eigenvalue weighted by Crippen LogP contribution is 2.17. The quantitative estimate of drug-likeness (QED) is 0.739. The Balaban J connectivity index is 3.15. The number of likely N-dealkylation sites (N-methyl/N-ethyl adjacent to an activating group) is 1. The van der Waals surface area contributed by atoms with Crippen molar-refractivity contribution in [3.05, 3.63) is 18.1 Å². The number of anilines is 1. The highest BCUT2D eigenvalue weighted by molar-refractivity contribution is 5.96. The van der Waals surface area contributed by atoms with Gasteiger partial charge in [0.05, 0.1) is 0 Å². The predicted octanol–water partition coefficient (Wildman–Crippen LogP) is -0.125. The van der Waals surface area contributed by atoms with Gasteiger partial charge in [0.2, 0.25) is 0 Å². The third kappa shape index (κ3) is 2.68. The zero-order valence-corrected chi connectivity index (χ0v) is 9.62. The molecule has 0 fully saturated rings. The van der Waals surface area contributed by atoms with Gasteiger partial charge in [-0.1, -0.05) is 6.92 Å². The molecule has 3 N–H and O–H groups in total. The number of primary amides is 1. The number of carbonyl (C=O) groups is 2. The molecule has 7 heteroatoms. The largest absolute Gasteiger partial charge is 0.480 e. The summed E-state index contributed by atoms with van der Waals surface area (Å²) in [7, 11) is 1.54. The summed E-state index contributed by atoms with van der Waals surface area (Å²) in [6.45, 7) is 1.73. The van der Waals surface area contributed by atoms with Gasteiger partial charge in [0.25, 0.3) is 5.91 Å². The lowest BCUT2D eigenvalue weighted by atomic mass is 10.2. The van der Waals surface area contributed by atoms with E-state index in [2.05, 4.69) is 9.97 Å². The smallest absolute Gasteiger partial charge is 0.326 e. The molecule has 0 saturated carbocycles. The van der Waals surface area contributed by atoms with Crippen LogP contribution < -0.4 is 10.6 Å². The molecule has 0 saturated heterocycles. The summed E-state index contributed by atoms with van der Waals surface area (Å²) < 4.78 is 0. The van der Waals surface area contributed by atoms with Crippen LogP contribution in [0.4, 0.5) is 5.82 Å². The Bertz CT molecular complexity index is 435. The number of hydrogen-bond acceptors (Lipinski definition) is 5. The van der Waals surface area contributed by atoms with Crippen LogP contribution in [0.1, 0.15) is 23.8 Å². The first kappa shape index (κ1) is 12.9. The minimum absolute atomic E-state index is 0.0327. The second kappa shape index (κ2) is 5.24. The molecule has 92 valence electrons. The van der Waals surface area contributed by atoms with Crippen molar-refractivity contribution < 1.29 is 14.7 Å². The fourth-order valence-electron chi connectivity index (χ4n) is 1.52. The van der Waals surface area contributed by atoms with Crippen LogP contribution in [-0.4, -0.2) is 40.0 Å². The first-order chi connectivity index (χ1) is 7.99. The van der Waals surface area contributed by atoms with Crippen molar-refractivity contribution in [1.29, 1.82) is 0 Å². The number of rotatable bonds is 5. The summed E-state index contributed by atoms with van der Waals surface area (Å²) in [5, 5.41) is 9.03. The Morgan fingerprint density at radius 3 is 2.53 bits per heavy atom. The lowest BCUT2D eigenvalue weighted by Crippen LogP contribution is -2.39. The van der Waals surface area contributed by atoms with E-state index in [1.54, 1.807) is 14.0 Å². The normalized spacial score (nSPS) is 11.9. The SMILES string of the molecule is CCC(C(=O)O)N(C)c1nccnc1C(N)=O. The van der Waals surface area contributed by atoms with Gasteiger partial charge in [0.15, 0.2) is 11.5 Å². The third-order valence-corrected chi connectivity index (χ3v) is 2.39. The highest BCUT2D eigenvalue weighted by atomic mass is 16.4. The average molecular weight is 238 g/mol. The maximum absolute atomic E-state index is 11.2. The second-order valence-electron chi connectivity index (χ2n) is 3.47. The van der Waals surface area contributed by atoms with Crippen LogP contribution in [0.2, 0.25) is 0 Å². The Morgan fingerprint density at radius 2 is 2.06 bits per heavy atom. The molecule has 1 rings (SSSR count). The van der Waals surface area contributed by atoms with E-state index in [1.165, 1.54) is 17.3 Å². The Hall–Kier alpha value is -2.18. The van der Waals surface area contributed by atoms with Gasteiger partial charge in [-0.05, 0) is 6.42 Å². The molecular weight excluding hydrogens is 224 g/mol. The Labute approximate surface area is 98.3 Å². The van der Waals surface area contributed by atoms with E-state index in [9.17, 15) is 9.59 Å². The number of carboxylic acids is 1. The fourth-order valence-corrected chi connectivity index (χ4v) is 1.52. The van der Waals surface area contributed by atoms with E-state index in [4.69, 9.17) is 10.8 Å². The van der Waals surface area contributed by atoms with Crippen LogP contribution in [-0.2, 0) is 4.79 Å². The molecule has 17 heavy (non-hydrogen) atoms. The number of amides is 1. The molecule has 0 spiro atoms. The standard InChI is InChI=1S/C10H14N4O3/c1-3-6(10(16)17)14(2)9-7(8(11)15)12-4-5-13-9/h4-6H,3H2,1-2H3,(H2,11,15)(H,16,17). The maximum Gasteiger partial charge on any atom is 0.326 e. The third-order valence-electron chi connectivity index (χ3n) is 2.39. The van der Waals surface area contributed by atoms with Gasteiger partial charge in [-0.2, -0.15) is 0 Å². The molecule has 1 aromatic heterocycles.